The van der Waals surface area contributed by atoms with Crippen molar-refractivity contribution in [1.29, 1.82) is 0 Å². The molecular formula is C24H21N3O5S. The first-order valence-electron chi connectivity index (χ1n) is 9.97. The van der Waals surface area contributed by atoms with Gasteiger partial charge in [-0.1, -0.05) is 18.2 Å². The number of amides is 1. The fraction of sp³-hybridized carbons (Fsp3) is 0.125. The average Bonchev–Trinajstić information content (AvgIpc) is 3.26. The van der Waals surface area contributed by atoms with Crippen LogP contribution in [-0.2, 0) is 4.79 Å². The Bertz CT molecular complexity index is 1290. The maximum atomic E-state index is 12.1. The molecule has 0 spiro atoms. The summed E-state index contributed by atoms with van der Waals surface area (Å²) in [5, 5.41) is 5.71. The molecule has 4 aromatic rings. The Labute approximate surface area is 195 Å². The molecule has 0 saturated heterocycles. The third-order valence-corrected chi connectivity index (χ3v) is 4.85. The van der Waals surface area contributed by atoms with Gasteiger partial charge in [-0.15, -0.1) is 0 Å². The highest BCUT2D eigenvalue weighted by Crippen LogP contribution is 2.33. The van der Waals surface area contributed by atoms with Gasteiger partial charge in [-0.25, -0.2) is 4.98 Å². The Kier molecular flexibility index (Phi) is 6.70. The maximum absolute atomic E-state index is 12.1. The van der Waals surface area contributed by atoms with Crippen molar-refractivity contribution in [2.75, 3.05) is 26.1 Å². The van der Waals surface area contributed by atoms with Gasteiger partial charge in [0, 0.05) is 11.3 Å². The van der Waals surface area contributed by atoms with Crippen LogP contribution < -0.4 is 24.8 Å². The van der Waals surface area contributed by atoms with Crippen molar-refractivity contribution in [2.24, 2.45) is 0 Å². The molecule has 0 unspecified atom stereocenters. The second kappa shape index (κ2) is 10.0. The van der Waals surface area contributed by atoms with Crippen LogP contribution in [0.5, 0.6) is 17.2 Å². The lowest BCUT2D eigenvalue weighted by Crippen LogP contribution is -2.37. The number of nitrogens with zero attached hydrogens (tertiary/aromatic N) is 1. The molecular weight excluding hydrogens is 442 g/mol. The molecule has 0 atom stereocenters. The summed E-state index contributed by atoms with van der Waals surface area (Å²) in [6.07, 6.45) is 0. The summed E-state index contributed by atoms with van der Waals surface area (Å²) in [4.78, 5) is 16.6. The third-order valence-electron chi connectivity index (χ3n) is 4.64. The first-order valence-corrected chi connectivity index (χ1v) is 10.4. The van der Waals surface area contributed by atoms with Crippen LogP contribution in [0.1, 0.15) is 0 Å². The molecule has 0 fully saturated rings. The van der Waals surface area contributed by atoms with Gasteiger partial charge in [0.25, 0.3) is 5.91 Å². The van der Waals surface area contributed by atoms with Crippen molar-refractivity contribution in [3.8, 4) is 28.7 Å². The number of fused-ring (bicyclic) bond motifs is 1. The average molecular weight is 464 g/mol. The number of para-hydroxylation sites is 1. The van der Waals surface area contributed by atoms with Crippen LogP contribution in [0.4, 0.5) is 5.69 Å². The summed E-state index contributed by atoms with van der Waals surface area (Å²) >= 11 is 5.23. The van der Waals surface area contributed by atoms with Gasteiger partial charge in [-0.05, 0) is 60.7 Å². The number of ether oxygens (including phenoxy) is 3. The van der Waals surface area contributed by atoms with E-state index < -0.39 is 0 Å². The monoisotopic (exact) mass is 463 g/mol. The van der Waals surface area contributed by atoms with Crippen LogP contribution in [0.2, 0.25) is 0 Å². The highest BCUT2D eigenvalue weighted by molar-refractivity contribution is 7.80. The zero-order valence-electron chi connectivity index (χ0n) is 18.0. The molecule has 0 aliphatic heterocycles. The lowest BCUT2D eigenvalue weighted by atomic mass is 10.2. The van der Waals surface area contributed by atoms with Crippen molar-refractivity contribution in [3.63, 3.8) is 0 Å². The predicted molar refractivity (Wildman–Crippen MR) is 129 cm³/mol. The number of carbonyl (C=O) groups excluding carboxylic acids is 1. The predicted octanol–water partition coefficient (Wildman–Crippen LogP) is 4.40. The first kappa shape index (κ1) is 22.1. The molecule has 1 amide bonds. The molecule has 8 nitrogen and oxygen atoms in total. The first-order chi connectivity index (χ1) is 16.1. The molecule has 0 radical (unpaired) electrons. The topological polar surface area (TPSA) is 94.9 Å². The molecule has 4 rings (SSSR count). The number of rotatable bonds is 7. The quantitative estimate of drug-likeness (QED) is 0.390. The van der Waals surface area contributed by atoms with E-state index in [1.165, 1.54) is 0 Å². The molecule has 168 valence electrons. The van der Waals surface area contributed by atoms with E-state index in [4.69, 9.17) is 30.8 Å². The van der Waals surface area contributed by atoms with Crippen LogP contribution in [0.3, 0.4) is 0 Å². The van der Waals surface area contributed by atoms with E-state index in [0.29, 0.717) is 39.9 Å². The van der Waals surface area contributed by atoms with E-state index in [-0.39, 0.29) is 17.6 Å². The molecule has 0 aliphatic rings. The van der Waals surface area contributed by atoms with Gasteiger partial charge in [0.2, 0.25) is 5.89 Å². The minimum absolute atomic E-state index is 0.150. The number of hydrogen-bond acceptors (Lipinski definition) is 7. The fourth-order valence-electron chi connectivity index (χ4n) is 3.09. The molecule has 1 aromatic heterocycles. The van der Waals surface area contributed by atoms with Crippen LogP contribution in [0, 0.1) is 0 Å². The molecule has 0 aliphatic carbocycles. The second-order valence-corrected chi connectivity index (χ2v) is 7.28. The molecule has 3 aromatic carbocycles. The highest BCUT2D eigenvalue weighted by atomic mass is 32.1. The zero-order chi connectivity index (χ0) is 23.2. The van der Waals surface area contributed by atoms with Crippen LogP contribution in [0.25, 0.3) is 22.6 Å². The summed E-state index contributed by atoms with van der Waals surface area (Å²) in [5.41, 5.74) is 2.64. The van der Waals surface area contributed by atoms with Gasteiger partial charge >= 0.3 is 0 Å². The molecule has 0 saturated carbocycles. The number of nitrogens with one attached hydrogen (secondary N) is 2. The summed E-state index contributed by atoms with van der Waals surface area (Å²) in [5.74, 6) is 1.88. The van der Waals surface area contributed by atoms with Gasteiger partial charge in [0.05, 0.1) is 14.2 Å². The third kappa shape index (κ3) is 5.39. The van der Waals surface area contributed by atoms with Crippen molar-refractivity contribution in [3.05, 3.63) is 66.7 Å². The van der Waals surface area contributed by atoms with Crippen LogP contribution >= 0.6 is 12.2 Å². The van der Waals surface area contributed by atoms with Gasteiger partial charge < -0.3 is 23.9 Å². The van der Waals surface area contributed by atoms with E-state index in [2.05, 4.69) is 15.6 Å². The van der Waals surface area contributed by atoms with Crippen molar-refractivity contribution < 1.29 is 23.4 Å². The maximum Gasteiger partial charge on any atom is 0.264 e. The van der Waals surface area contributed by atoms with Crippen LogP contribution in [-0.4, -0.2) is 36.8 Å². The van der Waals surface area contributed by atoms with E-state index in [1.807, 2.05) is 24.3 Å². The lowest BCUT2D eigenvalue weighted by Gasteiger charge is -2.10. The Balaban J connectivity index is 1.41. The minimum Gasteiger partial charge on any atom is -0.493 e. The van der Waals surface area contributed by atoms with Gasteiger partial charge in [-0.2, -0.15) is 0 Å². The smallest absolute Gasteiger partial charge is 0.264 e. The van der Waals surface area contributed by atoms with E-state index in [0.717, 1.165) is 5.56 Å². The minimum atomic E-state index is -0.366. The number of oxazole rings is 1. The Hall–Kier alpha value is -4.11. The molecule has 9 heteroatoms. The second-order valence-electron chi connectivity index (χ2n) is 6.88. The summed E-state index contributed by atoms with van der Waals surface area (Å²) in [7, 11) is 3.15. The summed E-state index contributed by atoms with van der Waals surface area (Å²) in [6.45, 7) is -0.150. The van der Waals surface area contributed by atoms with Crippen molar-refractivity contribution in [1.82, 2.24) is 10.3 Å². The molecule has 2 N–H and O–H groups in total. The van der Waals surface area contributed by atoms with E-state index in [9.17, 15) is 4.79 Å². The Morgan fingerprint density at radius 1 is 1.00 bits per heavy atom. The van der Waals surface area contributed by atoms with Gasteiger partial charge in [-0.3, -0.25) is 10.1 Å². The number of methoxy groups -OCH3 is 2. The molecule has 1 heterocycles. The highest BCUT2D eigenvalue weighted by Gasteiger charge is 2.13. The molecule has 0 bridgehead atoms. The van der Waals surface area contributed by atoms with Crippen molar-refractivity contribution >= 4 is 40.0 Å². The number of carbonyl (C=O) groups is 1. The number of thiocarbonyl (C=S) groups is 1. The number of anilines is 1. The number of benzene rings is 3. The van der Waals surface area contributed by atoms with Crippen LogP contribution in [0.15, 0.2) is 71.1 Å². The van der Waals surface area contributed by atoms with E-state index in [1.54, 1.807) is 56.7 Å². The number of hydrogen-bond donors (Lipinski definition) is 2. The normalized spacial score (nSPS) is 10.5. The largest absolute Gasteiger partial charge is 0.493 e. The van der Waals surface area contributed by atoms with E-state index >= 15 is 0 Å². The lowest BCUT2D eigenvalue weighted by molar-refractivity contribution is -0.121. The van der Waals surface area contributed by atoms with Gasteiger partial charge in [0.1, 0.15) is 11.3 Å². The summed E-state index contributed by atoms with van der Waals surface area (Å²) in [6, 6.07) is 19.8. The summed E-state index contributed by atoms with van der Waals surface area (Å²) < 4.78 is 21.9. The molecule has 33 heavy (non-hydrogen) atoms. The number of aromatic nitrogens is 1. The van der Waals surface area contributed by atoms with Crippen molar-refractivity contribution in [2.45, 2.75) is 0 Å². The standard InChI is InChI=1S/C24H21N3O5S/c1-29-20-10-8-15(12-21(20)30-2)23-26-18-13-16(9-11-19(18)32-23)25-24(33)27-22(28)14-31-17-6-4-3-5-7-17/h3-13H,14H2,1-2H3,(H2,25,27,28,33). The Morgan fingerprint density at radius 3 is 2.55 bits per heavy atom. The fourth-order valence-corrected chi connectivity index (χ4v) is 3.32. The zero-order valence-corrected chi connectivity index (χ0v) is 18.8. The SMILES string of the molecule is COc1ccc(-c2nc3cc(NC(=S)NC(=O)COc4ccccc4)ccc3o2)cc1OC. The van der Waals surface area contributed by atoms with Gasteiger partial charge in [0.15, 0.2) is 28.8 Å². The Morgan fingerprint density at radius 2 is 1.79 bits per heavy atom.